The molecule has 0 aliphatic carbocycles. The zero-order chi connectivity index (χ0) is 24.1. The topological polar surface area (TPSA) is 85.2 Å². The quantitative estimate of drug-likeness (QED) is 0.430. The van der Waals surface area contributed by atoms with Crippen molar-refractivity contribution < 1.29 is 14.3 Å². The van der Waals surface area contributed by atoms with Gasteiger partial charge in [0, 0.05) is 17.4 Å². The Morgan fingerprint density at radius 1 is 0.912 bits per heavy atom. The maximum absolute atomic E-state index is 13.1. The number of hydrogen-bond acceptors (Lipinski definition) is 4. The third kappa shape index (κ3) is 4.99. The molecule has 0 bridgehead atoms. The van der Waals surface area contributed by atoms with Crippen molar-refractivity contribution in [1.82, 2.24) is 15.1 Å². The first kappa shape index (κ1) is 22.8. The van der Waals surface area contributed by atoms with Gasteiger partial charge in [-0.05, 0) is 61.4 Å². The zero-order valence-electron chi connectivity index (χ0n) is 19.3. The Kier molecular flexibility index (Phi) is 6.73. The Hall–Kier alpha value is -4.39. The van der Waals surface area contributed by atoms with Crippen LogP contribution >= 0.6 is 0 Å². The van der Waals surface area contributed by atoms with E-state index in [0.717, 1.165) is 28.1 Å². The standard InChI is InChI=1S/C27H26N4O3/c1-18-8-7-9-19(2)25(18)29-24(32)16-28-27(33)23-17-31(21-10-5-4-6-11-21)30-26(23)20-12-14-22(34-3)15-13-20/h4-15,17H,16H2,1-3H3,(H,28,33)(H,29,32). The van der Waals surface area contributed by atoms with Gasteiger partial charge >= 0.3 is 0 Å². The van der Waals surface area contributed by atoms with E-state index in [0.29, 0.717) is 17.0 Å². The van der Waals surface area contributed by atoms with Crippen LogP contribution in [-0.4, -0.2) is 35.2 Å². The number of rotatable bonds is 7. The van der Waals surface area contributed by atoms with E-state index in [9.17, 15) is 9.59 Å². The van der Waals surface area contributed by atoms with Crippen molar-refractivity contribution in [3.8, 4) is 22.7 Å². The number of anilines is 1. The number of ether oxygens (including phenoxy) is 1. The van der Waals surface area contributed by atoms with Gasteiger partial charge in [-0.25, -0.2) is 4.68 Å². The van der Waals surface area contributed by atoms with Crippen LogP contribution in [0.15, 0.2) is 79.0 Å². The Labute approximate surface area is 198 Å². The minimum absolute atomic E-state index is 0.162. The minimum Gasteiger partial charge on any atom is -0.497 e. The van der Waals surface area contributed by atoms with Gasteiger partial charge in [-0.15, -0.1) is 0 Å². The first-order valence-electron chi connectivity index (χ1n) is 10.9. The molecule has 2 N–H and O–H groups in total. The van der Waals surface area contributed by atoms with E-state index in [1.54, 1.807) is 18.0 Å². The fourth-order valence-corrected chi connectivity index (χ4v) is 3.67. The first-order chi connectivity index (χ1) is 16.5. The van der Waals surface area contributed by atoms with Crippen LogP contribution in [-0.2, 0) is 4.79 Å². The molecule has 7 nitrogen and oxygen atoms in total. The van der Waals surface area contributed by atoms with Crippen molar-refractivity contribution in [2.75, 3.05) is 19.0 Å². The van der Waals surface area contributed by atoms with E-state index in [1.807, 2.05) is 86.6 Å². The highest BCUT2D eigenvalue weighted by molar-refractivity contribution is 6.03. The minimum atomic E-state index is -0.385. The Bertz CT molecular complexity index is 1290. The average molecular weight is 455 g/mol. The summed E-state index contributed by atoms with van der Waals surface area (Å²) in [5, 5.41) is 10.3. The van der Waals surface area contributed by atoms with Crippen LogP contribution < -0.4 is 15.4 Å². The maximum Gasteiger partial charge on any atom is 0.255 e. The molecule has 0 unspecified atom stereocenters. The van der Waals surface area contributed by atoms with E-state index >= 15 is 0 Å². The van der Waals surface area contributed by atoms with Crippen LogP contribution in [0.2, 0.25) is 0 Å². The Morgan fingerprint density at radius 2 is 1.59 bits per heavy atom. The number of aryl methyl sites for hydroxylation is 2. The van der Waals surface area contributed by atoms with Gasteiger partial charge in [0.05, 0.1) is 24.9 Å². The molecule has 3 aromatic carbocycles. The Morgan fingerprint density at radius 3 is 2.24 bits per heavy atom. The van der Waals surface area contributed by atoms with E-state index in [2.05, 4.69) is 15.7 Å². The molecule has 7 heteroatoms. The number of nitrogens with zero attached hydrogens (tertiary/aromatic N) is 2. The lowest BCUT2D eigenvalue weighted by molar-refractivity contribution is -0.115. The van der Waals surface area contributed by atoms with E-state index in [-0.39, 0.29) is 18.4 Å². The second-order valence-electron chi connectivity index (χ2n) is 7.90. The van der Waals surface area contributed by atoms with Gasteiger partial charge in [-0.3, -0.25) is 9.59 Å². The summed E-state index contributed by atoms with van der Waals surface area (Å²) >= 11 is 0. The molecular weight excluding hydrogens is 428 g/mol. The summed E-state index contributed by atoms with van der Waals surface area (Å²) in [4.78, 5) is 25.7. The van der Waals surface area contributed by atoms with Gasteiger partial charge in [0.2, 0.25) is 5.91 Å². The molecule has 4 aromatic rings. The van der Waals surface area contributed by atoms with Gasteiger partial charge in [-0.2, -0.15) is 5.10 Å². The molecule has 0 atom stereocenters. The third-order valence-corrected chi connectivity index (χ3v) is 5.50. The summed E-state index contributed by atoms with van der Waals surface area (Å²) in [6, 6.07) is 22.7. The summed E-state index contributed by atoms with van der Waals surface area (Å²) in [6.45, 7) is 3.70. The maximum atomic E-state index is 13.1. The summed E-state index contributed by atoms with van der Waals surface area (Å²) in [5.41, 5.74) is 5.16. The van der Waals surface area contributed by atoms with Gasteiger partial charge in [0.25, 0.3) is 5.91 Å². The van der Waals surface area contributed by atoms with E-state index in [4.69, 9.17) is 4.74 Å². The number of para-hydroxylation sites is 2. The molecule has 1 heterocycles. The van der Waals surface area contributed by atoms with E-state index in [1.165, 1.54) is 0 Å². The predicted octanol–water partition coefficient (Wildman–Crippen LogP) is 4.53. The van der Waals surface area contributed by atoms with Crippen molar-refractivity contribution in [2.24, 2.45) is 0 Å². The largest absolute Gasteiger partial charge is 0.497 e. The lowest BCUT2D eigenvalue weighted by Gasteiger charge is -2.12. The molecule has 0 saturated heterocycles. The van der Waals surface area contributed by atoms with Crippen LogP contribution in [0, 0.1) is 13.8 Å². The molecule has 0 radical (unpaired) electrons. The highest BCUT2D eigenvalue weighted by Gasteiger charge is 2.20. The highest BCUT2D eigenvalue weighted by atomic mass is 16.5. The second-order valence-corrected chi connectivity index (χ2v) is 7.90. The number of nitrogens with one attached hydrogen (secondary N) is 2. The molecule has 0 fully saturated rings. The fourth-order valence-electron chi connectivity index (χ4n) is 3.67. The van der Waals surface area contributed by atoms with Crippen molar-refractivity contribution >= 4 is 17.5 Å². The smallest absolute Gasteiger partial charge is 0.255 e. The molecule has 4 rings (SSSR count). The van der Waals surface area contributed by atoms with Crippen molar-refractivity contribution in [3.05, 3.63) is 95.7 Å². The summed E-state index contributed by atoms with van der Waals surface area (Å²) in [7, 11) is 1.60. The molecule has 0 saturated carbocycles. The lowest BCUT2D eigenvalue weighted by atomic mass is 10.1. The van der Waals surface area contributed by atoms with Gasteiger partial charge in [0.15, 0.2) is 0 Å². The van der Waals surface area contributed by atoms with Crippen LogP contribution in [0.1, 0.15) is 21.5 Å². The number of carbonyl (C=O) groups is 2. The van der Waals surface area contributed by atoms with Crippen molar-refractivity contribution in [2.45, 2.75) is 13.8 Å². The van der Waals surface area contributed by atoms with Gasteiger partial charge in [0.1, 0.15) is 11.4 Å². The molecular formula is C27H26N4O3. The number of amides is 2. The van der Waals surface area contributed by atoms with Gasteiger partial charge in [-0.1, -0.05) is 36.4 Å². The zero-order valence-corrected chi connectivity index (χ0v) is 19.3. The van der Waals surface area contributed by atoms with Crippen molar-refractivity contribution in [3.63, 3.8) is 0 Å². The molecule has 0 aliphatic heterocycles. The monoisotopic (exact) mass is 454 g/mol. The fraction of sp³-hybridized carbons (Fsp3) is 0.148. The van der Waals surface area contributed by atoms with Crippen LogP contribution in [0.3, 0.4) is 0 Å². The van der Waals surface area contributed by atoms with E-state index < -0.39 is 0 Å². The summed E-state index contributed by atoms with van der Waals surface area (Å²) < 4.78 is 6.90. The van der Waals surface area contributed by atoms with Crippen molar-refractivity contribution in [1.29, 1.82) is 0 Å². The molecule has 1 aromatic heterocycles. The molecule has 0 spiro atoms. The molecule has 2 amide bonds. The number of hydrogen-bond donors (Lipinski definition) is 2. The number of aromatic nitrogens is 2. The third-order valence-electron chi connectivity index (χ3n) is 5.50. The normalized spacial score (nSPS) is 10.6. The predicted molar refractivity (Wildman–Crippen MR) is 132 cm³/mol. The average Bonchev–Trinajstić information content (AvgIpc) is 3.31. The molecule has 34 heavy (non-hydrogen) atoms. The van der Waals surface area contributed by atoms with Gasteiger partial charge < -0.3 is 15.4 Å². The summed E-state index contributed by atoms with van der Waals surface area (Å²) in [5.74, 6) is 0.0252. The summed E-state index contributed by atoms with van der Waals surface area (Å²) in [6.07, 6.45) is 1.67. The SMILES string of the molecule is COc1ccc(-c2nn(-c3ccccc3)cc2C(=O)NCC(=O)Nc2c(C)cccc2C)cc1. The number of benzene rings is 3. The highest BCUT2D eigenvalue weighted by Crippen LogP contribution is 2.26. The van der Waals surface area contributed by atoms with Crippen LogP contribution in [0.5, 0.6) is 5.75 Å². The number of methoxy groups -OCH3 is 1. The second kappa shape index (κ2) is 10.0. The Balaban J connectivity index is 1.57. The van der Waals surface area contributed by atoms with Crippen LogP contribution in [0.25, 0.3) is 16.9 Å². The molecule has 172 valence electrons. The molecule has 0 aliphatic rings. The first-order valence-corrected chi connectivity index (χ1v) is 10.9. The number of carbonyl (C=O) groups excluding carboxylic acids is 2. The lowest BCUT2D eigenvalue weighted by Crippen LogP contribution is -2.33. The van der Waals surface area contributed by atoms with Crippen LogP contribution in [0.4, 0.5) is 5.69 Å².